The molecule has 6 nitrogen and oxygen atoms in total. The Morgan fingerprint density at radius 3 is 2.45 bits per heavy atom. The maximum atomic E-state index is 12.6. The fourth-order valence-electron chi connectivity index (χ4n) is 3.64. The van der Waals surface area contributed by atoms with Gasteiger partial charge < -0.3 is 19.3 Å². The fourth-order valence-corrected chi connectivity index (χ4v) is 3.64. The van der Waals surface area contributed by atoms with Crippen LogP contribution in [0.25, 0.3) is 0 Å². The summed E-state index contributed by atoms with van der Waals surface area (Å²) in [6, 6.07) is -0.294. The average Bonchev–Trinajstić information content (AvgIpc) is 3.24. The molecule has 2 aliphatic heterocycles. The quantitative estimate of drug-likeness (QED) is 0.770. The first-order valence-electron chi connectivity index (χ1n) is 8.53. The van der Waals surface area contributed by atoms with E-state index in [1.54, 1.807) is 4.90 Å². The Morgan fingerprint density at radius 2 is 1.73 bits per heavy atom. The van der Waals surface area contributed by atoms with Crippen LogP contribution in [0.3, 0.4) is 0 Å². The first kappa shape index (κ1) is 15.7. The largest absolute Gasteiger partial charge is 0.378 e. The molecule has 1 atom stereocenters. The first-order chi connectivity index (χ1) is 10.8. The highest BCUT2D eigenvalue weighted by Gasteiger charge is 2.37. The monoisotopic (exact) mass is 310 g/mol. The number of likely N-dealkylation sites (tertiary alicyclic amines) is 1. The summed E-state index contributed by atoms with van der Waals surface area (Å²) in [6.45, 7) is 3.26. The molecule has 0 spiro atoms. The highest BCUT2D eigenvalue weighted by atomic mass is 16.5. The molecule has 3 aliphatic rings. The van der Waals surface area contributed by atoms with Gasteiger partial charge in [0.15, 0.2) is 0 Å². The minimum atomic E-state index is -0.294. The van der Waals surface area contributed by atoms with E-state index in [4.69, 9.17) is 9.47 Å². The average molecular weight is 310 g/mol. The van der Waals surface area contributed by atoms with Gasteiger partial charge >= 0.3 is 0 Å². The van der Waals surface area contributed by atoms with E-state index in [1.807, 2.05) is 4.90 Å². The molecule has 0 aromatic rings. The Kier molecular flexibility index (Phi) is 5.31. The number of ether oxygens (including phenoxy) is 2. The zero-order chi connectivity index (χ0) is 15.4. The molecule has 2 heterocycles. The van der Waals surface area contributed by atoms with Crippen molar-refractivity contribution >= 4 is 11.8 Å². The number of nitrogens with zero attached hydrogens (tertiary/aromatic N) is 2. The third-order valence-corrected chi connectivity index (χ3v) is 4.93. The number of carbonyl (C=O) groups excluding carboxylic acids is 2. The Balaban J connectivity index is 1.52. The third-order valence-electron chi connectivity index (χ3n) is 4.93. The Bertz CT molecular complexity index is 403. The Labute approximate surface area is 131 Å². The second kappa shape index (κ2) is 7.42. The maximum Gasteiger partial charge on any atom is 0.249 e. The number of amides is 2. The minimum absolute atomic E-state index is 0.0315. The van der Waals surface area contributed by atoms with Crippen LogP contribution >= 0.6 is 0 Å². The van der Waals surface area contributed by atoms with Gasteiger partial charge in [0.05, 0.1) is 19.3 Å². The minimum Gasteiger partial charge on any atom is -0.378 e. The zero-order valence-electron chi connectivity index (χ0n) is 13.2. The Hall–Kier alpha value is -1.14. The number of morpholine rings is 1. The Morgan fingerprint density at radius 1 is 1.00 bits per heavy atom. The highest BCUT2D eigenvalue weighted by molar-refractivity contribution is 5.88. The normalized spacial score (nSPS) is 26.6. The lowest BCUT2D eigenvalue weighted by Crippen LogP contribution is -2.51. The molecule has 1 saturated carbocycles. The van der Waals surface area contributed by atoms with Gasteiger partial charge in [-0.05, 0) is 25.7 Å². The van der Waals surface area contributed by atoms with Crippen molar-refractivity contribution in [3.05, 3.63) is 0 Å². The summed E-state index contributed by atoms with van der Waals surface area (Å²) < 4.78 is 11.0. The summed E-state index contributed by atoms with van der Waals surface area (Å²) in [7, 11) is 0. The van der Waals surface area contributed by atoms with E-state index in [1.165, 1.54) is 12.8 Å². The number of carbonyl (C=O) groups is 2. The summed E-state index contributed by atoms with van der Waals surface area (Å²) in [5, 5.41) is 0. The molecule has 22 heavy (non-hydrogen) atoms. The molecule has 124 valence electrons. The molecule has 1 aliphatic carbocycles. The van der Waals surface area contributed by atoms with Gasteiger partial charge in [-0.15, -0.1) is 0 Å². The van der Waals surface area contributed by atoms with Gasteiger partial charge in [-0.2, -0.15) is 0 Å². The van der Waals surface area contributed by atoms with Crippen molar-refractivity contribution in [3.8, 4) is 0 Å². The van der Waals surface area contributed by atoms with Gasteiger partial charge in [-0.3, -0.25) is 9.59 Å². The molecule has 3 fully saturated rings. The van der Waals surface area contributed by atoms with Crippen molar-refractivity contribution < 1.29 is 19.1 Å². The molecule has 0 aromatic heterocycles. The van der Waals surface area contributed by atoms with Crippen LogP contribution in [-0.4, -0.2) is 73.2 Å². The zero-order valence-corrected chi connectivity index (χ0v) is 13.2. The highest BCUT2D eigenvalue weighted by Crippen LogP contribution is 2.23. The lowest BCUT2D eigenvalue weighted by Gasteiger charge is -2.32. The number of hydrogen-bond donors (Lipinski definition) is 0. The summed E-state index contributed by atoms with van der Waals surface area (Å²) in [5.74, 6) is 0.0472. The van der Waals surface area contributed by atoms with Gasteiger partial charge in [0.1, 0.15) is 12.6 Å². The SMILES string of the molecule is O=C([C@@H]1CCCN1C(=O)COC1CCCC1)N1CCOCC1. The van der Waals surface area contributed by atoms with Crippen molar-refractivity contribution in [3.63, 3.8) is 0 Å². The van der Waals surface area contributed by atoms with Crippen LogP contribution in [0.5, 0.6) is 0 Å². The summed E-state index contributed by atoms with van der Waals surface area (Å²) >= 11 is 0. The van der Waals surface area contributed by atoms with Crippen molar-refractivity contribution in [2.24, 2.45) is 0 Å². The predicted octanol–water partition coefficient (Wildman–Crippen LogP) is 0.795. The van der Waals surface area contributed by atoms with E-state index in [-0.39, 0.29) is 30.6 Å². The van der Waals surface area contributed by atoms with Crippen LogP contribution < -0.4 is 0 Å². The van der Waals surface area contributed by atoms with Crippen molar-refractivity contribution in [1.29, 1.82) is 0 Å². The van der Waals surface area contributed by atoms with Gasteiger partial charge in [0, 0.05) is 19.6 Å². The molecular weight excluding hydrogens is 284 g/mol. The van der Waals surface area contributed by atoms with E-state index in [2.05, 4.69) is 0 Å². The molecule has 0 N–H and O–H groups in total. The van der Waals surface area contributed by atoms with E-state index in [9.17, 15) is 9.59 Å². The topological polar surface area (TPSA) is 59.1 Å². The number of rotatable bonds is 4. The second-order valence-electron chi connectivity index (χ2n) is 6.40. The van der Waals surface area contributed by atoms with Crippen LogP contribution in [0.2, 0.25) is 0 Å². The van der Waals surface area contributed by atoms with Gasteiger partial charge in [0.2, 0.25) is 11.8 Å². The molecule has 0 unspecified atom stereocenters. The van der Waals surface area contributed by atoms with Crippen LogP contribution in [0.15, 0.2) is 0 Å². The van der Waals surface area contributed by atoms with Crippen molar-refractivity contribution in [2.75, 3.05) is 39.5 Å². The smallest absolute Gasteiger partial charge is 0.249 e. The van der Waals surface area contributed by atoms with Crippen LogP contribution in [0, 0.1) is 0 Å². The molecule has 2 saturated heterocycles. The lowest BCUT2D eigenvalue weighted by atomic mass is 10.2. The molecular formula is C16H26N2O4. The molecule has 2 amide bonds. The molecule has 0 aromatic carbocycles. The van der Waals surface area contributed by atoms with Crippen LogP contribution in [-0.2, 0) is 19.1 Å². The molecule has 3 rings (SSSR count). The van der Waals surface area contributed by atoms with Gasteiger partial charge in [-0.25, -0.2) is 0 Å². The molecule has 0 bridgehead atoms. The molecule has 6 heteroatoms. The predicted molar refractivity (Wildman–Crippen MR) is 80.3 cm³/mol. The van der Waals surface area contributed by atoms with Crippen LogP contribution in [0.4, 0.5) is 0 Å². The number of hydrogen-bond acceptors (Lipinski definition) is 4. The van der Waals surface area contributed by atoms with E-state index >= 15 is 0 Å². The molecule has 0 radical (unpaired) electrons. The fraction of sp³-hybridized carbons (Fsp3) is 0.875. The maximum absolute atomic E-state index is 12.6. The van der Waals surface area contributed by atoms with E-state index < -0.39 is 0 Å². The summed E-state index contributed by atoms with van der Waals surface area (Å²) in [5.41, 5.74) is 0. The summed E-state index contributed by atoms with van der Waals surface area (Å²) in [6.07, 6.45) is 6.41. The van der Waals surface area contributed by atoms with E-state index in [0.717, 1.165) is 25.7 Å². The second-order valence-corrected chi connectivity index (χ2v) is 6.40. The summed E-state index contributed by atoms with van der Waals surface area (Å²) in [4.78, 5) is 28.6. The first-order valence-corrected chi connectivity index (χ1v) is 8.53. The van der Waals surface area contributed by atoms with Gasteiger partial charge in [0.25, 0.3) is 0 Å². The van der Waals surface area contributed by atoms with Gasteiger partial charge in [-0.1, -0.05) is 12.8 Å². The van der Waals surface area contributed by atoms with E-state index in [0.29, 0.717) is 32.8 Å². The van der Waals surface area contributed by atoms with Crippen molar-refractivity contribution in [1.82, 2.24) is 9.80 Å². The van der Waals surface area contributed by atoms with Crippen molar-refractivity contribution in [2.45, 2.75) is 50.7 Å². The van der Waals surface area contributed by atoms with Crippen LogP contribution in [0.1, 0.15) is 38.5 Å². The lowest BCUT2D eigenvalue weighted by molar-refractivity contribution is -0.149. The standard InChI is InChI=1S/C16H26N2O4/c19-15(12-22-13-4-1-2-5-13)18-7-3-6-14(18)16(20)17-8-10-21-11-9-17/h13-14H,1-12H2/t14-/m0/s1. The third kappa shape index (κ3) is 3.60.